The molecule has 0 radical (unpaired) electrons. The van der Waals surface area contributed by atoms with Crippen molar-refractivity contribution in [3.05, 3.63) is 42.2 Å². The second kappa shape index (κ2) is 11.8. The van der Waals surface area contributed by atoms with Gasteiger partial charge < -0.3 is 9.64 Å². The van der Waals surface area contributed by atoms with E-state index in [1.165, 1.54) is 23.1 Å². The van der Waals surface area contributed by atoms with Crippen LogP contribution in [0.25, 0.3) is 10.4 Å². The lowest BCUT2D eigenvalue weighted by molar-refractivity contribution is -0.202. The summed E-state index contributed by atoms with van der Waals surface area (Å²) >= 11 is 1.04. The standard InChI is InChI=1S/C24H30FN3O6S2/c1-2-5-21(29)27-13-14-28(19(16-27)24(30)26-34-22-6-3-4-15-33-22)36(31,32)23-12-11-20(35-23)17-7-9-18(25)10-8-17/h7-12,19,22H,2-6,13-16H2,1H3,(H,26,30). The molecule has 2 amide bonds. The smallest absolute Gasteiger partial charge is 0.263 e. The molecule has 0 saturated carbocycles. The summed E-state index contributed by atoms with van der Waals surface area (Å²) in [4.78, 5) is 33.3. The fourth-order valence-corrected chi connectivity index (χ4v) is 7.22. The monoisotopic (exact) mass is 539 g/mol. The van der Waals surface area contributed by atoms with Crippen LogP contribution in [0.1, 0.15) is 39.0 Å². The number of sulfonamides is 1. The van der Waals surface area contributed by atoms with Gasteiger partial charge in [0.1, 0.15) is 16.1 Å². The molecule has 2 fully saturated rings. The van der Waals surface area contributed by atoms with Gasteiger partial charge in [0.05, 0.1) is 0 Å². The third-order valence-corrected chi connectivity index (χ3v) is 9.66. The Balaban J connectivity index is 1.55. The molecule has 2 atom stereocenters. The Bertz CT molecular complexity index is 1160. The first-order valence-electron chi connectivity index (χ1n) is 12.0. The van der Waals surface area contributed by atoms with Crippen molar-refractivity contribution < 1.29 is 32.0 Å². The van der Waals surface area contributed by atoms with Crippen LogP contribution in [0.15, 0.2) is 40.6 Å². The van der Waals surface area contributed by atoms with Crippen molar-refractivity contribution in [2.24, 2.45) is 0 Å². The van der Waals surface area contributed by atoms with Gasteiger partial charge in [-0.25, -0.2) is 23.1 Å². The number of amides is 2. The van der Waals surface area contributed by atoms with E-state index in [2.05, 4.69) is 5.48 Å². The number of halogens is 1. The van der Waals surface area contributed by atoms with Crippen LogP contribution in [-0.2, 0) is 29.2 Å². The van der Waals surface area contributed by atoms with E-state index in [-0.39, 0.29) is 35.6 Å². The normalized spacial score (nSPS) is 21.3. The average molecular weight is 540 g/mol. The number of nitrogens with zero attached hydrogens (tertiary/aromatic N) is 2. The number of hydrogen-bond donors (Lipinski definition) is 1. The number of hydroxylamine groups is 1. The van der Waals surface area contributed by atoms with E-state index in [1.807, 2.05) is 6.92 Å². The number of piperazine rings is 1. The molecule has 2 aliphatic heterocycles. The van der Waals surface area contributed by atoms with Crippen molar-refractivity contribution in [3.63, 3.8) is 0 Å². The number of rotatable bonds is 8. The zero-order valence-corrected chi connectivity index (χ0v) is 21.7. The summed E-state index contributed by atoms with van der Waals surface area (Å²) in [6.07, 6.45) is 2.81. The molecule has 9 nitrogen and oxygen atoms in total. The van der Waals surface area contributed by atoms with E-state index in [0.29, 0.717) is 36.3 Å². The second-order valence-corrected chi connectivity index (χ2v) is 11.9. The Kier molecular flexibility index (Phi) is 8.73. The van der Waals surface area contributed by atoms with Crippen LogP contribution >= 0.6 is 11.3 Å². The highest BCUT2D eigenvalue weighted by Gasteiger charge is 2.42. The number of carbonyl (C=O) groups excluding carboxylic acids is 2. The zero-order chi connectivity index (χ0) is 25.7. The minimum absolute atomic E-state index is 0.0282. The van der Waals surface area contributed by atoms with Crippen LogP contribution in [0, 0.1) is 5.82 Å². The van der Waals surface area contributed by atoms with Gasteiger partial charge in [0, 0.05) is 44.0 Å². The topological polar surface area (TPSA) is 105 Å². The van der Waals surface area contributed by atoms with Crippen LogP contribution in [0.2, 0.25) is 0 Å². The average Bonchev–Trinajstić information content (AvgIpc) is 3.39. The first-order chi connectivity index (χ1) is 17.3. The number of ether oxygens (including phenoxy) is 1. The molecule has 4 rings (SSSR count). The molecule has 0 aliphatic carbocycles. The molecule has 12 heteroatoms. The van der Waals surface area contributed by atoms with E-state index in [1.54, 1.807) is 18.2 Å². The van der Waals surface area contributed by atoms with Gasteiger partial charge in [-0.1, -0.05) is 19.1 Å². The fraction of sp³-hybridized carbons (Fsp3) is 0.500. The summed E-state index contributed by atoms with van der Waals surface area (Å²) in [5.74, 6) is -1.16. The van der Waals surface area contributed by atoms with Crippen LogP contribution in [-0.4, -0.2) is 68.0 Å². The quantitative estimate of drug-likeness (QED) is 0.517. The summed E-state index contributed by atoms with van der Waals surface area (Å²) in [7, 11) is -4.06. The Morgan fingerprint density at radius 1 is 1.17 bits per heavy atom. The number of thiophene rings is 1. The van der Waals surface area contributed by atoms with E-state index >= 15 is 0 Å². The van der Waals surface area contributed by atoms with E-state index in [0.717, 1.165) is 28.5 Å². The molecule has 2 saturated heterocycles. The fourth-order valence-electron chi connectivity index (χ4n) is 4.21. The Morgan fingerprint density at radius 2 is 1.94 bits per heavy atom. The van der Waals surface area contributed by atoms with Gasteiger partial charge in [-0.2, -0.15) is 4.31 Å². The predicted octanol–water partition coefficient (Wildman–Crippen LogP) is 3.13. The first kappa shape index (κ1) is 26.7. The molecule has 1 aromatic carbocycles. The summed E-state index contributed by atoms with van der Waals surface area (Å²) < 4.78 is 47.2. The first-order valence-corrected chi connectivity index (χ1v) is 14.3. The highest BCUT2D eigenvalue weighted by Crippen LogP contribution is 2.33. The lowest BCUT2D eigenvalue weighted by atomic mass is 10.2. The molecule has 1 N–H and O–H groups in total. The lowest BCUT2D eigenvalue weighted by Gasteiger charge is -2.39. The van der Waals surface area contributed by atoms with Crippen molar-refractivity contribution in [3.8, 4) is 10.4 Å². The molecule has 1 aromatic heterocycles. The second-order valence-electron chi connectivity index (χ2n) is 8.73. The van der Waals surface area contributed by atoms with Gasteiger partial charge in [0.25, 0.3) is 15.9 Å². The molecule has 196 valence electrons. The van der Waals surface area contributed by atoms with Gasteiger partial charge >= 0.3 is 0 Å². The number of carbonyl (C=O) groups is 2. The highest BCUT2D eigenvalue weighted by atomic mass is 32.2. The van der Waals surface area contributed by atoms with Crippen molar-refractivity contribution in [2.75, 3.05) is 26.2 Å². The third-order valence-electron chi connectivity index (χ3n) is 6.15. The lowest BCUT2D eigenvalue weighted by Crippen LogP contribution is -2.61. The number of nitrogens with one attached hydrogen (secondary N) is 1. The van der Waals surface area contributed by atoms with Crippen molar-refractivity contribution in [2.45, 2.75) is 55.6 Å². The van der Waals surface area contributed by atoms with Crippen molar-refractivity contribution in [1.29, 1.82) is 0 Å². The van der Waals surface area contributed by atoms with Gasteiger partial charge in [-0.05, 0) is 49.1 Å². The third kappa shape index (κ3) is 6.12. The SMILES string of the molecule is CCCC(=O)N1CCN(S(=O)(=O)c2ccc(-c3ccc(F)cc3)s2)C(C(=O)NOC2CCCCO2)C1. The van der Waals surface area contributed by atoms with Crippen LogP contribution in [0.4, 0.5) is 4.39 Å². The molecule has 0 bridgehead atoms. The van der Waals surface area contributed by atoms with Crippen molar-refractivity contribution >= 4 is 33.2 Å². The van der Waals surface area contributed by atoms with E-state index in [9.17, 15) is 22.4 Å². The highest BCUT2D eigenvalue weighted by molar-refractivity contribution is 7.91. The number of hydrogen-bond acceptors (Lipinski definition) is 7. The largest absolute Gasteiger partial charge is 0.350 e. The van der Waals surface area contributed by atoms with Crippen LogP contribution in [0.5, 0.6) is 0 Å². The van der Waals surface area contributed by atoms with Crippen molar-refractivity contribution in [1.82, 2.24) is 14.7 Å². The van der Waals surface area contributed by atoms with Gasteiger partial charge in [0.15, 0.2) is 6.29 Å². The van der Waals surface area contributed by atoms with Crippen LogP contribution in [0.3, 0.4) is 0 Å². The molecular formula is C24H30FN3O6S2. The van der Waals surface area contributed by atoms with Gasteiger partial charge in [-0.15, -0.1) is 11.3 Å². The minimum atomic E-state index is -4.06. The van der Waals surface area contributed by atoms with E-state index < -0.39 is 28.3 Å². The maximum absolute atomic E-state index is 13.6. The number of benzene rings is 1. The molecular weight excluding hydrogens is 509 g/mol. The maximum Gasteiger partial charge on any atom is 0.263 e. The Hall–Kier alpha value is -2.38. The Labute approximate surface area is 214 Å². The summed E-state index contributed by atoms with van der Waals surface area (Å²) in [6, 6.07) is 7.76. The Morgan fingerprint density at radius 3 is 2.64 bits per heavy atom. The molecule has 3 heterocycles. The summed E-state index contributed by atoms with van der Waals surface area (Å²) in [5, 5.41) is 0. The molecule has 2 aliphatic rings. The molecule has 0 spiro atoms. The van der Waals surface area contributed by atoms with Crippen LogP contribution < -0.4 is 5.48 Å². The van der Waals surface area contributed by atoms with Gasteiger partial charge in [-0.3, -0.25) is 9.59 Å². The zero-order valence-electron chi connectivity index (χ0n) is 20.0. The molecule has 2 aromatic rings. The minimum Gasteiger partial charge on any atom is -0.350 e. The van der Waals surface area contributed by atoms with E-state index in [4.69, 9.17) is 9.57 Å². The summed E-state index contributed by atoms with van der Waals surface area (Å²) in [6.45, 7) is 2.49. The van der Waals surface area contributed by atoms with Gasteiger partial charge in [0.2, 0.25) is 5.91 Å². The maximum atomic E-state index is 13.6. The predicted molar refractivity (Wildman–Crippen MR) is 132 cm³/mol. The molecule has 2 unspecified atom stereocenters. The summed E-state index contributed by atoms with van der Waals surface area (Å²) in [5.41, 5.74) is 3.05. The molecule has 36 heavy (non-hydrogen) atoms.